The quantitative estimate of drug-likeness (QED) is 0.676. The Morgan fingerprint density at radius 1 is 1.13 bits per heavy atom. The fourth-order valence-corrected chi connectivity index (χ4v) is 2.94. The predicted octanol–water partition coefficient (Wildman–Crippen LogP) is 2.14. The molecule has 0 atom stereocenters. The van der Waals surface area contributed by atoms with E-state index in [9.17, 15) is 9.59 Å². The Kier molecular flexibility index (Phi) is 3.87. The van der Waals surface area contributed by atoms with Crippen LogP contribution in [0.3, 0.4) is 0 Å². The molecule has 0 N–H and O–H groups in total. The zero-order valence-corrected chi connectivity index (χ0v) is 14.0. The third-order valence-corrected chi connectivity index (χ3v) is 4.44. The van der Waals surface area contributed by atoms with Crippen molar-refractivity contribution in [2.75, 3.05) is 0 Å². The molecule has 0 amide bonds. The van der Waals surface area contributed by atoms with Gasteiger partial charge >= 0.3 is 11.5 Å². The monoisotopic (exact) mass is 318 g/mol. The van der Waals surface area contributed by atoms with Gasteiger partial charge in [-0.05, 0) is 20.3 Å². The highest BCUT2D eigenvalue weighted by molar-refractivity contribution is 5.75. The molecule has 0 radical (unpaired) electrons. The zero-order valence-electron chi connectivity index (χ0n) is 14.0. The molecule has 0 fully saturated rings. The summed E-state index contributed by atoms with van der Waals surface area (Å²) in [6.07, 6.45) is 4.05. The van der Waals surface area contributed by atoms with Crippen molar-refractivity contribution >= 4 is 17.0 Å². The molecule has 0 spiro atoms. The number of oxazole rings is 1. The molecule has 3 rings (SSSR count). The Hall–Kier alpha value is -2.31. The van der Waals surface area contributed by atoms with Gasteiger partial charge in [0.05, 0.1) is 5.69 Å². The van der Waals surface area contributed by atoms with Gasteiger partial charge in [-0.3, -0.25) is 18.3 Å². The molecule has 0 bridgehead atoms. The van der Waals surface area contributed by atoms with Gasteiger partial charge in [0.25, 0.3) is 5.56 Å². The van der Waals surface area contributed by atoms with Crippen LogP contribution in [0.2, 0.25) is 0 Å². The summed E-state index contributed by atoms with van der Waals surface area (Å²) in [6, 6.07) is 0. The summed E-state index contributed by atoms with van der Waals surface area (Å²) in [4.78, 5) is 29.6. The van der Waals surface area contributed by atoms with E-state index in [0.29, 0.717) is 23.6 Å². The second-order valence-corrected chi connectivity index (χ2v) is 6.00. The lowest BCUT2D eigenvalue weighted by Crippen LogP contribution is -2.39. The molecule has 7 heteroatoms. The number of rotatable bonds is 5. The van der Waals surface area contributed by atoms with Gasteiger partial charge in [0.15, 0.2) is 11.2 Å². The molecule has 0 aromatic carbocycles. The van der Waals surface area contributed by atoms with Gasteiger partial charge in [0.1, 0.15) is 5.76 Å². The maximum Gasteiger partial charge on any atom is 0.332 e. The molecule has 3 aromatic rings. The fourth-order valence-electron chi connectivity index (χ4n) is 2.94. The first-order chi connectivity index (χ1) is 11.0. The highest BCUT2D eigenvalue weighted by Gasteiger charge is 2.20. The van der Waals surface area contributed by atoms with Crippen LogP contribution >= 0.6 is 0 Å². The minimum absolute atomic E-state index is 0.295. The van der Waals surface area contributed by atoms with Crippen molar-refractivity contribution in [3.05, 3.63) is 32.3 Å². The van der Waals surface area contributed by atoms with Crippen molar-refractivity contribution in [3.8, 4) is 0 Å². The van der Waals surface area contributed by atoms with Crippen LogP contribution in [0.1, 0.15) is 44.1 Å². The van der Waals surface area contributed by atoms with Crippen molar-refractivity contribution in [3.63, 3.8) is 0 Å². The van der Waals surface area contributed by atoms with Crippen LogP contribution in [0, 0.1) is 13.8 Å². The topological polar surface area (TPSA) is 74.4 Å². The first kappa shape index (κ1) is 15.6. The SMILES string of the molecule is CCCCCCn1c(=O)c2c(nc3oc(C)c(C)n32)n(C)c1=O. The maximum atomic E-state index is 12.8. The van der Waals surface area contributed by atoms with Crippen molar-refractivity contribution in [1.82, 2.24) is 18.5 Å². The number of hydrogen-bond donors (Lipinski definition) is 0. The van der Waals surface area contributed by atoms with Crippen molar-refractivity contribution in [1.29, 1.82) is 0 Å². The Labute approximate surface area is 133 Å². The number of aromatic nitrogens is 4. The highest BCUT2D eigenvalue weighted by atomic mass is 16.4. The summed E-state index contributed by atoms with van der Waals surface area (Å²) in [6.45, 7) is 6.28. The number of unbranched alkanes of at least 4 members (excludes halogenated alkanes) is 3. The molecule has 124 valence electrons. The Balaban J connectivity index is 2.23. The van der Waals surface area contributed by atoms with Crippen LogP contribution in [0.5, 0.6) is 0 Å². The van der Waals surface area contributed by atoms with Gasteiger partial charge in [0.2, 0.25) is 0 Å². The van der Waals surface area contributed by atoms with Crippen molar-refractivity contribution in [2.45, 2.75) is 53.0 Å². The zero-order chi connectivity index (χ0) is 16.7. The molecule has 0 saturated heterocycles. The van der Waals surface area contributed by atoms with Crippen molar-refractivity contribution in [2.24, 2.45) is 7.05 Å². The Bertz CT molecular complexity index is 987. The average Bonchev–Trinajstić information content (AvgIpc) is 3.02. The summed E-state index contributed by atoms with van der Waals surface area (Å²) in [5.41, 5.74) is 0.986. The lowest BCUT2D eigenvalue weighted by Gasteiger charge is -2.08. The molecule has 3 aromatic heterocycles. The lowest BCUT2D eigenvalue weighted by atomic mass is 10.2. The van der Waals surface area contributed by atoms with Gasteiger partial charge in [-0.2, -0.15) is 4.98 Å². The summed E-state index contributed by atoms with van der Waals surface area (Å²) in [5, 5.41) is 0. The number of imidazole rings is 1. The van der Waals surface area contributed by atoms with E-state index in [1.807, 2.05) is 13.8 Å². The normalized spacial score (nSPS) is 11.8. The van der Waals surface area contributed by atoms with Crippen LogP contribution in [-0.4, -0.2) is 18.5 Å². The average molecular weight is 318 g/mol. The van der Waals surface area contributed by atoms with Gasteiger partial charge in [-0.15, -0.1) is 0 Å². The molecular weight excluding hydrogens is 296 g/mol. The molecule has 0 saturated carbocycles. The third kappa shape index (κ3) is 2.31. The second kappa shape index (κ2) is 5.72. The van der Waals surface area contributed by atoms with Crippen LogP contribution < -0.4 is 11.2 Å². The molecule has 3 heterocycles. The number of fused-ring (bicyclic) bond motifs is 3. The van der Waals surface area contributed by atoms with E-state index < -0.39 is 0 Å². The van der Waals surface area contributed by atoms with E-state index in [2.05, 4.69) is 11.9 Å². The standard InChI is InChI=1S/C16H22N4O3/c1-5-6-7-8-9-19-14(21)12-13(18(4)16(19)22)17-15-20(12)10(2)11(3)23-15/h5-9H2,1-4H3. The molecule has 0 aliphatic carbocycles. The van der Waals surface area contributed by atoms with Crippen molar-refractivity contribution < 1.29 is 4.42 Å². The van der Waals surface area contributed by atoms with Gasteiger partial charge < -0.3 is 4.42 Å². The van der Waals surface area contributed by atoms with Gasteiger partial charge in [-0.25, -0.2) is 4.79 Å². The minimum atomic E-state index is -0.325. The third-order valence-electron chi connectivity index (χ3n) is 4.44. The number of aryl methyl sites for hydroxylation is 3. The van der Waals surface area contributed by atoms with E-state index in [1.54, 1.807) is 11.4 Å². The summed E-state index contributed by atoms with van der Waals surface area (Å²) in [7, 11) is 1.64. The number of hydrogen-bond acceptors (Lipinski definition) is 4. The number of nitrogens with zero attached hydrogens (tertiary/aromatic N) is 4. The smallest absolute Gasteiger partial charge is 0.332 e. The van der Waals surface area contributed by atoms with Gasteiger partial charge in [-0.1, -0.05) is 26.2 Å². The largest absolute Gasteiger partial charge is 0.428 e. The summed E-state index contributed by atoms with van der Waals surface area (Å²) in [5.74, 6) is 1.07. The lowest BCUT2D eigenvalue weighted by molar-refractivity contribution is 0.539. The Morgan fingerprint density at radius 3 is 2.57 bits per heavy atom. The van der Waals surface area contributed by atoms with E-state index in [1.165, 1.54) is 9.13 Å². The molecule has 7 nitrogen and oxygen atoms in total. The first-order valence-electron chi connectivity index (χ1n) is 8.05. The minimum Gasteiger partial charge on any atom is -0.428 e. The molecule has 23 heavy (non-hydrogen) atoms. The predicted molar refractivity (Wildman–Crippen MR) is 88.1 cm³/mol. The van der Waals surface area contributed by atoms with Crippen LogP contribution in [0.4, 0.5) is 0 Å². The van der Waals surface area contributed by atoms with E-state index in [-0.39, 0.29) is 11.2 Å². The Morgan fingerprint density at radius 2 is 1.87 bits per heavy atom. The van der Waals surface area contributed by atoms with Gasteiger partial charge in [0, 0.05) is 13.6 Å². The maximum absolute atomic E-state index is 12.8. The van der Waals surface area contributed by atoms with Crippen LogP contribution in [0.15, 0.2) is 14.0 Å². The van der Waals surface area contributed by atoms with Crippen LogP contribution in [0.25, 0.3) is 17.0 Å². The molecule has 0 unspecified atom stereocenters. The van der Waals surface area contributed by atoms with E-state index >= 15 is 0 Å². The van der Waals surface area contributed by atoms with Crippen LogP contribution in [-0.2, 0) is 13.6 Å². The first-order valence-corrected chi connectivity index (χ1v) is 8.05. The molecule has 0 aliphatic rings. The summed E-state index contributed by atoms with van der Waals surface area (Å²) >= 11 is 0. The molecule has 0 aliphatic heterocycles. The highest BCUT2D eigenvalue weighted by Crippen LogP contribution is 2.19. The fraction of sp³-hybridized carbons (Fsp3) is 0.562. The second-order valence-electron chi connectivity index (χ2n) is 6.00. The van der Waals surface area contributed by atoms with E-state index in [4.69, 9.17) is 4.42 Å². The molecular formula is C16H22N4O3. The summed E-state index contributed by atoms with van der Waals surface area (Å²) < 4.78 is 10.0. The van der Waals surface area contributed by atoms with E-state index in [0.717, 1.165) is 37.1 Å².